The van der Waals surface area contributed by atoms with E-state index in [0.29, 0.717) is 11.5 Å². The summed E-state index contributed by atoms with van der Waals surface area (Å²) in [6, 6.07) is 10.1. The Bertz CT molecular complexity index is 1460. The van der Waals surface area contributed by atoms with Crippen LogP contribution in [0, 0.1) is 29.6 Å². The van der Waals surface area contributed by atoms with Crippen LogP contribution in [0.2, 0.25) is 0 Å². The molecule has 0 aliphatic heterocycles. The van der Waals surface area contributed by atoms with E-state index in [9.17, 15) is 34.2 Å². The fraction of sp³-hybridized carbons (Fsp3) is 0.469. The first-order chi connectivity index (χ1) is 19.3. The molecule has 0 aromatic heterocycles. The van der Waals surface area contributed by atoms with E-state index in [1.165, 1.54) is 16.5 Å². The Morgan fingerprint density at radius 3 is 2.32 bits per heavy atom. The summed E-state index contributed by atoms with van der Waals surface area (Å²) in [7, 11) is 3.13. The standard InChI is InChI=1S/C32H36N2O7/c1-5-15(2)12-16-6-8-17(9-7-16)19-10-11-22(35)24-20(19)13-18-14-21-26(34(3)4)28(37)25(31(33)40)30(39)32(21,41)29(38)23(18)27(24)36/h6-11,15,18,21,23,25-26,35,41H,5,12-14H2,1-4H3,(H2,33,40)/t15?,18-,21-,23?,25?,26?,32-/m1/s1. The smallest absolute Gasteiger partial charge is 0.235 e. The highest BCUT2D eigenvalue weighted by Gasteiger charge is 2.69. The number of Topliss-reactive ketones (excluding diaryl/α,β-unsaturated/α-hetero) is 4. The van der Waals surface area contributed by atoms with Gasteiger partial charge in [-0.25, -0.2) is 0 Å². The molecule has 2 saturated carbocycles. The molecule has 3 aliphatic carbocycles. The number of phenols is 1. The Morgan fingerprint density at radius 2 is 1.73 bits per heavy atom. The minimum atomic E-state index is -2.73. The second kappa shape index (κ2) is 10.3. The number of hydrogen-bond donors (Lipinski definition) is 3. The molecule has 0 heterocycles. The van der Waals surface area contributed by atoms with Crippen LogP contribution < -0.4 is 5.73 Å². The van der Waals surface area contributed by atoms with Crippen LogP contribution in [0.25, 0.3) is 11.1 Å². The van der Waals surface area contributed by atoms with Gasteiger partial charge in [-0.05, 0) is 73.5 Å². The predicted molar refractivity (Wildman–Crippen MR) is 150 cm³/mol. The Kier molecular flexibility index (Phi) is 7.24. The summed E-state index contributed by atoms with van der Waals surface area (Å²) in [6.07, 6.45) is 2.26. The molecule has 2 aromatic carbocycles. The van der Waals surface area contributed by atoms with Gasteiger partial charge in [-0.3, -0.25) is 28.9 Å². The third-order valence-electron chi connectivity index (χ3n) is 9.49. The maximum atomic E-state index is 14.0. The van der Waals surface area contributed by atoms with E-state index < -0.39 is 64.4 Å². The van der Waals surface area contributed by atoms with Gasteiger partial charge in [0.1, 0.15) is 5.75 Å². The first kappa shape index (κ1) is 28.8. The summed E-state index contributed by atoms with van der Waals surface area (Å²) >= 11 is 0. The quantitative estimate of drug-likeness (QED) is 0.454. The van der Waals surface area contributed by atoms with Gasteiger partial charge in [0, 0.05) is 5.92 Å². The van der Waals surface area contributed by atoms with Crippen LogP contribution in [0.4, 0.5) is 0 Å². The second-order valence-electron chi connectivity index (χ2n) is 12.2. The SMILES string of the molecule is CCC(C)Cc1ccc(-c2ccc(O)c3c2C[C@@H]2C[C@@H]4C(N(C)C)C(=O)C(C(N)=O)C(=O)[C@]4(O)C(=O)C2C3=O)cc1. The van der Waals surface area contributed by atoms with Crippen LogP contribution in [0.3, 0.4) is 0 Å². The molecular formula is C32H36N2O7. The number of nitrogens with zero attached hydrogens (tertiary/aromatic N) is 1. The lowest BCUT2D eigenvalue weighted by Gasteiger charge is -2.52. The number of primary amides is 1. The van der Waals surface area contributed by atoms with Crippen molar-refractivity contribution in [2.75, 3.05) is 14.1 Å². The normalized spacial score (nSPS) is 30.0. The summed E-state index contributed by atoms with van der Waals surface area (Å²) in [4.78, 5) is 68.1. The van der Waals surface area contributed by atoms with E-state index in [2.05, 4.69) is 26.0 Å². The lowest BCUT2D eigenvalue weighted by Crippen LogP contribution is -2.74. The number of carbonyl (C=O) groups is 5. The van der Waals surface area contributed by atoms with E-state index in [4.69, 9.17) is 5.73 Å². The minimum absolute atomic E-state index is 0.00206. The van der Waals surface area contributed by atoms with Gasteiger partial charge < -0.3 is 15.9 Å². The van der Waals surface area contributed by atoms with Gasteiger partial charge >= 0.3 is 0 Å². The monoisotopic (exact) mass is 560 g/mol. The summed E-state index contributed by atoms with van der Waals surface area (Å²) in [5, 5.41) is 22.5. The number of carbonyl (C=O) groups excluding carboxylic acids is 5. The number of amides is 1. The Balaban J connectivity index is 1.58. The summed E-state index contributed by atoms with van der Waals surface area (Å²) < 4.78 is 0. The number of hydrogen-bond acceptors (Lipinski definition) is 8. The van der Waals surface area contributed by atoms with E-state index >= 15 is 0 Å². The van der Waals surface area contributed by atoms with Gasteiger partial charge in [-0.1, -0.05) is 50.6 Å². The van der Waals surface area contributed by atoms with E-state index in [0.717, 1.165) is 24.0 Å². The van der Waals surface area contributed by atoms with Crippen LogP contribution in [-0.2, 0) is 32.0 Å². The molecular weight excluding hydrogens is 524 g/mol. The highest BCUT2D eigenvalue weighted by atomic mass is 16.3. The van der Waals surface area contributed by atoms with Crippen molar-refractivity contribution in [2.45, 2.75) is 51.2 Å². The van der Waals surface area contributed by atoms with E-state index in [1.54, 1.807) is 20.2 Å². The van der Waals surface area contributed by atoms with Gasteiger partial charge in [0.15, 0.2) is 34.7 Å². The number of nitrogens with two attached hydrogens (primary N) is 1. The predicted octanol–water partition coefficient (Wildman–Crippen LogP) is 2.12. The average Bonchev–Trinajstić information content (AvgIpc) is 2.91. The van der Waals surface area contributed by atoms with Gasteiger partial charge in [-0.2, -0.15) is 0 Å². The molecule has 7 atom stereocenters. The van der Waals surface area contributed by atoms with Crippen LogP contribution in [-0.4, -0.2) is 69.9 Å². The molecule has 5 rings (SSSR count). The number of rotatable bonds is 6. The van der Waals surface area contributed by atoms with Crippen molar-refractivity contribution in [3.63, 3.8) is 0 Å². The fourth-order valence-corrected chi connectivity index (χ4v) is 7.24. The number of benzene rings is 2. The summed E-state index contributed by atoms with van der Waals surface area (Å²) in [6.45, 7) is 4.35. The number of fused-ring (bicyclic) bond motifs is 3. The van der Waals surface area contributed by atoms with Gasteiger partial charge in [0.25, 0.3) is 0 Å². The molecule has 41 heavy (non-hydrogen) atoms. The third kappa shape index (κ3) is 4.33. The van der Waals surface area contributed by atoms with Crippen LogP contribution >= 0.6 is 0 Å². The molecule has 216 valence electrons. The molecule has 1 amide bonds. The zero-order valence-corrected chi connectivity index (χ0v) is 23.7. The number of aliphatic hydroxyl groups is 1. The molecule has 0 spiro atoms. The number of phenolic OH excluding ortho intramolecular Hbond substituents is 1. The average molecular weight is 561 g/mol. The van der Waals surface area contributed by atoms with Crippen LogP contribution in [0.5, 0.6) is 5.75 Å². The highest BCUT2D eigenvalue weighted by molar-refractivity contribution is 6.32. The van der Waals surface area contributed by atoms with Crippen molar-refractivity contribution in [1.29, 1.82) is 0 Å². The Morgan fingerprint density at radius 1 is 1.07 bits per heavy atom. The zero-order chi connectivity index (χ0) is 30.0. The van der Waals surface area contributed by atoms with Gasteiger partial charge in [0.2, 0.25) is 5.91 Å². The highest BCUT2D eigenvalue weighted by Crippen LogP contribution is 2.51. The Labute approximate surface area is 238 Å². The summed E-state index contributed by atoms with van der Waals surface area (Å²) in [5.74, 6) is -9.89. The van der Waals surface area contributed by atoms with Gasteiger partial charge in [0.05, 0.1) is 17.5 Å². The number of ketones is 4. The molecule has 0 bridgehead atoms. The molecule has 9 heteroatoms. The third-order valence-corrected chi connectivity index (χ3v) is 9.49. The first-order valence-corrected chi connectivity index (χ1v) is 14.1. The molecule has 2 fully saturated rings. The molecule has 0 saturated heterocycles. The van der Waals surface area contributed by atoms with Gasteiger partial charge in [-0.15, -0.1) is 0 Å². The molecule has 9 nitrogen and oxygen atoms in total. The van der Waals surface area contributed by atoms with Crippen molar-refractivity contribution in [3.8, 4) is 16.9 Å². The van der Waals surface area contributed by atoms with Crippen molar-refractivity contribution < 1.29 is 34.2 Å². The second-order valence-corrected chi connectivity index (χ2v) is 12.2. The van der Waals surface area contributed by atoms with Crippen molar-refractivity contribution in [2.24, 2.45) is 35.3 Å². The lowest BCUT2D eigenvalue weighted by atomic mass is 9.52. The van der Waals surface area contributed by atoms with Crippen LogP contribution in [0.15, 0.2) is 36.4 Å². The van der Waals surface area contributed by atoms with Crippen molar-refractivity contribution >= 4 is 29.0 Å². The van der Waals surface area contributed by atoms with Crippen molar-refractivity contribution in [1.82, 2.24) is 4.90 Å². The summed E-state index contributed by atoms with van der Waals surface area (Å²) in [5.41, 5.74) is 6.04. The number of aromatic hydroxyl groups is 1. The maximum Gasteiger partial charge on any atom is 0.235 e. The molecule has 2 aromatic rings. The molecule has 4 N–H and O–H groups in total. The molecule has 3 aliphatic rings. The number of likely N-dealkylation sites (N-methyl/N-ethyl adjacent to an activating group) is 1. The molecule has 4 unspecified atom stereocenters. The molecule has 0 radical (unpaired) electrons. The van der Waals surface area contributed by atoms with E-state index in [-0.39, 0.29) is 24.2 Å². The first-order valence-electron chi connectivity index (χ1n) is 14.1. The Hall–Kier alpha value is -3.69. The van der Waals surface area contributed by atoms with Crippen LogP contribution in [0.1, 0.15) is 48.2 Å². The maximum absolute atomic E-state index is 14.0. The topological polar surface area (TPSA) is 155 Å². The zero-order valence-electron chi connectivity index (χ0n) is 23.7. The fourth-order valence-electron chi connectivity index (χ4n) is 7.24. The lowest BCUT2D eigenvalue weighted by molar-refractivity contribution is -0.181. The minimum Gasteiger partial charge on any atom is -0.507 e. The van der Waals surface area contributed by atoms with E-state index in [1.807, 2.05) is 12.1 Å². The largest absolute Gasteiger partial charge is 0.507 e. The van der Waals surface area contributed by atoms with Crippen molar-refractivity contribution in [3.05, 3.63) is 53.1 Å².